The number of nitrogens with zero attached hydrogens (tertiary/aromatic N) is 1. The fraction of sp³-hybridized carbons (Fsp3) is 0.263. The molecule has 0 aliphatic rings. The van der Waals surface area contributed by atoms with Gasteiger partial charge in [-0.25, -0.2) is 4.98 Å². The molecule has 1 unspecified atom stereocenters. The summed E-state index contributed by atoms with van der Waals surface area (Å²) in [7, 11) is 0. The average molecular weight is 392 g/mol. The summed E-state index contributed by atoms with van der Waals surface area (Å²) >= 11 is 9.04. The summed E-state index contributed by atoms with van der Waals surface area (Å²) in [5.74, 6) is -0.238. The molecule has 0 amide bonds. The Morgan fingerprint density at radius 3 is 2.88 bits per heavy atom. The molecule has 130 valence electrons. The zero-order chi connectivity index (χ0) is 18.0. The topological polar surface area (TPSA) is 39.2 Å². The molecular formula is C19H18ClNO2S2. The first-order valence-corrected chi connectivity index (χ1v) is 10.0. The Kier molecular flexibility index (Phi) is 5.67. The molecule has 6 heteroatoms. The summed E-state index contributed by atoms with van der Waals surface area (Å²) in [6, 6.07) is 11.7. The lowest BCUT2D eigenvalue weighted by Gasteiger charge is -2.17. The number of aryl methyl sites for hydroxylation is 1. The minimum Gasteiger partial charge on any atom is -0.465 e. The van der Waals surface area contributed by atoms with Crippen molar-refractivity contribution in [3.63, 3.8) is 0 Å². The number of thioether (sulfide) groups is 1. The summed E-state index contributed by atoms with van der Waals surface area (Å²) in [5, 5.41) is 0.224. The normalized spacial score (nSPS) is 12.3. The van der Waals surface area contributed by atoms with E-state index in [1.807, 2.05) is 57.2 Å². The van der Waals surface area contributed by atoms with Crippen LogP contribution < -0.4 is 0 Å². The van der Waals surface area contributed by atoms with Crippen molar-refractivity contribution in [2.75, 3.05) is 6.61 Å². The number of benzene rings is 2. The predicted octanol–water partition coefficient (Wildman–Crippen LogP) is 5.96. The number of halogens is 1. The van der Waals surface area contributed by atoms with E-state index < -0.39 is 5.25 Å². The minimum atomic E-state index is -0.434. The van der Waals surface area contributed by atoms with Crippen LogP contribution in [-0.4, -0.2) is 17.6 Å². The smallest absolute Gasteiger partial charge is 0.324 e. The summed E-state index contributed by atoms with van der Waals surface area (Å²) in [6.07, 6.45) is 0. The third-order valence-corrected chi connectivity index (χ3v) is 6.56. The van der Waals surface area contributed by atoms with Crippen LogP contribution in [0.3, 0.4) is 0 Å². The van der Waals surface area contributed by atoms with Crippen LogP contribution in [0.4, 0.5) is 0 Å². The predicted molar refractivity (Wildman–Crippen MR) is 106 cm³/mol. The first kappa shape index (κ1) is 18.2. The van der Waals surface area contributed by atoms with Gasteiger partial charge in [-0.05, 0) is 55.7 Å². The van der Waals surface area contributed by atoms with Gasteiger partial charge in [0.25, 0.3) is 0 Å². The first-order chi connectivity index (χ1) is 12.0. The number of fused-ring (bicyclic) bond motifs is 1. The van der Waals surface area contributed by atoms with Crippen LogP contribution in [0.25, 0.3) is 10.2 Å². The minimum absolute atomic E-state index is 0.238. The van der Waals surface area contributed by atoms with Crippen molar-refractivity contribution in [2.45, 2.75) is 30.4 Å². The summed E-state index contributed by atoms with van der Waals surface area (Å²) < 4.78 is 7.20. The van der Waals surface area contributed by atoms with Gasteiger partial charge in [0.05, 0.1) is 16.8 Å². The lowest BCUT2D eigenvalue weighted by atomic mass is 10.0. The van der Waals surface area contributed by atoms with E-state index in [0.29, 0.717) is 11.6 Å². The van der Waals surface area contributed by atoms with Crippen molar-refractivity contribution in [3.05, 3.63) is 58.1 Å². The lowest BCUT2D eigenvalue weighted by molar-refractivity contribution is -0.142. The van der Waals surface area contributed by atoms with E-state index in [-0.39, 0.29) is 5.97 Å². The van der Waals surface area contributed by atoms with E-state index in [4.69, 9.17) is 16.3 Å². The molecule has 2 aromatic carbocycles. The van der Waals surface area contributed by atoms with Gasteiger partial charge in [-0.2, -0.15) is 0 Å². The monoisotopic (exact) mass is 391 g/mol. The van der Waals surface area contributed by atoms with Gasteiger partial charge in [0.1, 0.15) is 5.25 Å². The second kappa shape index (κ2) is 7.77. The molecule has 0 N–H and O–H groups in total. The maximum atomic E-state index is 12.6. The lowest BCUT2D eigenvalue weighted by Crippen LogP contribution is -2.14. The fourth-order valence-electron chi connectivity index (χ4n) is 2.55. The van der Waals surface area contributed by atoms with Crippen LogP contribution in [0.1, 0.15) is 28.9 Å². The molecule has 25 heavy (non-hydrogen) atoms. The highest BCUT2D eigenvalue weighted by Crippen LogP contribution is 2.41. The van der Waals surface area contributed by atoms with Crippen molar-refractivity contribution >= 4 is 50.9 Å². The highest BCUT2D eigenvalue weighted by Gasteiger charge is 2.27. The average Bonchev–Trinajstić information content (AvgIpc) is 2.97. The zero-order valence-corrected chi connectivity index (χ0v) is 16.6. The molecule has 0 radical (unpaired) electrons. The fourth-order valence-corrected chi connectivity index (χ4v) is 5.04. The molecule has 0 aliphatic carbocycles. The maximum absolute atomic E-state index is 12.6. The highest BCUT2D eigenvalue weighted by atomic mass is 35.5. The molecule has 1 aromatic heterocycles. The van der Waals surface area contributed by atoms with Crippen molar-refractivity contribution in [2.24, 2.45) is 0 Å². The van der Waals surface area contributed by atoms with Crippen molar-refractivity contribution in [3.8, 4) is 0 Å². The van der Waals surface area contributed by atoms with E-state index in [2.05, 4.69) is 4.98 Å². The Balaban J connectivity index is 1.99. The van der Waals surface area contributed by atoms with Crippen LogP contribution in [0.2, 0.25) is 5.02 Å². The van der Waals surface area contributed by atoms with Crippen LogP contribution in [0, 0.1) is 13.8 Å². The number of aromatic nitrogens is 1. The Labute approximate surface area is 160 Å². The molecule has 0 saturated carbocycles. The van der Waals surface area contributed by atoms with Crippen LogP contribution >= 0.6 is 34.7 Å². The van der Waals surface area contributed by atoms with E-state index in [1.165, 1.54) is 11.8 Å². The standard InChI is InChI=1S/C19H18ClNO2S2/c1-4-23-18(22)17(14-7-5-6-11(2)12(14)3)25-19-21-15-10-13(20)8-9-16(15)24-19/h5-10,17H,4H2,1-3H3. The number of carbonyl (C=O) groups is 1. The third kappa shape index (κ3) is 4.00. The van der Waals surface area contributed by atoms with Gasteiger partial charge in [0, 0.05) is 5.02 Å². The van der Waals surface area contributed by atoms with Crippen molar-refractivity contribution in [1.82, 2.24) is 4.98 Å². The quantitative estimate of drug-likeness (QED) is 0.397. The van der Waals surface area contributed by atoms with Crippen LogP contribution in [0.5, 0.6) is 0 Å². The van der Waals surface area contributed by atoms with Gasteiger partial charge in [-0.3, -0.25) is 4.79 Å². The maximum Gasteiger partial charge on any atom is 0.324 e. The largest absolute Gasteiger partial charge is 0.465 e. The van der Waals surface area contributed by atoms with Crippen LogP contribution in [-0.2, 0) is 9.53 Å². The summed E-state index contributed by atoms with van der Waals surface area (Å²) in [6.45, 7) is 6.26. The number of ether oxygens (including phenoxy) is 1. The van der Waals surface area contributed by atoms with E-state index in [0.717, 1.165) is 31.2 Å². The Morgan fingerprint density at radius 1 is 1.32 bits per heavy atom. The first-order valence-electron chi connectivity index (χ1n) is 7.95. The SMILES string of the molecule is CCOC(=O)C(Sc1nc2cc(Cl)ccc2s1)c1cccc(C)c1C. The number of carbonyl (C=O) groups excluding carboxylic acids is 1. The molecule has 0 saturated heterocycles. The number of hydrogen-bond acceptors (Lipinski definition) is 5. The highest BCUT2D eigenvalue weighted by molar-refractivity contribution is 8.02. The Bertz CT molecular complexity index is 923. The third-order valence-electron chi connectivity index (χ3n) is 3.98. The molecule has 1 heterocycles. The Hall–Kier alpha value is -1.56. The van der Waals surface area contributed by atoms with E-state index in [9.17, 15) is 4.79 Å². The van der Waals surface area contributed by atoms with Gasteiger partial charge in [0.2, 0.25) is 0 Å². The second-order valence-electron chi connectivity index (χ2n) is 5.63. The van der Waals surface area contributed by atoms with Crippen molar-refractivity contribution in [1.29, 1.82) is 0 Å². The van der Waals surface area contributed by atoms with Gasteiger partial charge in [-0.1, -0.05) is 41.6 Å². The zero-order valence-electron chi connectivity index (χ0n) is 14.2. The number of thiazole rings is 1. The number of esters is 1. The molecule has 0 fully saturated rings. The molecule has 3 rings (SSSR count). The molecule has 1 atom stereocenters. The van der Waals surface area contributed by atoms with Gasteiger partial charge < -0.3 is 4.74 Å². The molecule has 0 spiro atoms. The second-order valence-corrected chi connectivity index (χ2v) is 8.45. The van der Waals surface area contributed by atoms with E-state index >= 15 is 0 Å². The molecule has 0 bridgehead atoms. The molecule has 0 aliphatic heterocycles. The molecule has 3 aromatic rings. The van der Waals surface area contributed by atoms with Gasteiger partial charge in [-0.15, -0.1) is 11.3 Å². The number of rotatable bonds is 5. The van der Waals surface area contributed by atoms with Crippen LogP contribution in [0.15, 0.2) is 40.7 Å². The van der Waals surface area contributed by atoms with Gasteiger partial charge in [0.15, 0.2) is 4.34 Å². The summed E-state index contributed by atoms with van der Waals surface area (Å²) in [4.78, 5) is 17.2. The Morgan fingerprint density at radius 2 is 2.12 bits per heavy atom. The number of hydrogen-bond donors (Lipinski definition) is 0. The molecular weight excluding hydrogens is 374 g/mol. The van der Waals surface area contributed by atoms with Crippen molar-refractivity contribution < 1.29 is 9.53 Å². The molecule has 3 nitrogen and oxygen atoms in total. The van der Waals surface area contributed by atoms with E-state index in [1.54, 1.807) is 11.3 Å². The summed E-state index contributed by atoms with van der Waals surface area (Å²) in [5.41, 5.74) is 4.09. The van der Waals surface area contributed by atoms with Gasteiger partial charge >= 0.3 is 5.97 Å².